The first-order valence-electron chi connectivity index (χ1n) is 14.7. The van der Waals surface area contributed by atoms with E-state index in [1.54, 1.807) is 6.07 Å². The SMILES string of the molecule is CN(C)CCOCC(CCC12CCC(c3ccccc31)c1ccccc12)Oc1ccc(S(=O)(=O)Nc2ncns2)cc1C#N. The van der Waals surface area contributed by atoms with Crippen molar-refractivity contribution in [3.8, 4) is 11.8 Å². The molecule has 3 aliphatic carbocycles. The van der Waals surface area contributed by atoms with E-state index in [-0.39, 0.29) is 27.1 Å². The van der Waals surface area contributed by atoms with E-state index in [4.69, 9.17) is 9.47 Å². The Morgan fingerprint density at radius 1 is 1.11 bits per heavy atom. The third kappa shape index (κ3) is 5.95. The van der Waals surface area contributed by atoms with Crippen molar-refractivity contribution >= 4 is 26.7 Å². The van der Waals surface area contributed by atoms with Crippen LogP contribution in [0.5, 0.6) is 5.75 Å². The first kappa shape index (κ1) is 30.2. The predicted octanol–water partition coefficient (Wildman–Crippen LogP) is 5.54. The average molecular weight is 630 g/mol. The molecule has 228 valence electrons. The molecule has 0 spiro atoms. The molecule has 3 aromatic carbocycles. The Kier molecular flexibility index (Phi) is 8.69. The molecule has 0 radical (unpaired) electrons. The van der Waals surface area contributed by atoms with Crippen molar-refractivity contribution in [2.45, 2.75) is 48.0 Å². The zero-order valence-corrected chi connectivity index (χ0v) is 26.4. The third-order valence-electron chi connectivity index (χ3n) is 8.70. The summed E-state index contributed by atoms with van der Waals surface area (Å²) in [5.74, 6) is 0.759. The van der Waals surface area contributed by atoms with Crippen molar-refractivity contribution in [3.63, 3.8) is 0 Å². The molecule has 0 saturated carbocycles. The van der Waals surface area contributed by atoms with Gasteiger partial charge in [0.2, 0.25) is 5.13 Å². The van der Waals surface area contributed by atoms with Gasteiger partial charge in [0.05, 0.1) is 23.7 Å². The molecule has 11 heteroatoms. The summed E-state index contributed by atoms with van der Waals surface area (Å²) in [4.78, 5) is 5.89. The van der Waals surface area contributed by atoms with Crippen molar-refractivity contribution in [1.29, 1.82) is 5.26 Å². The van der Waals surface area contributed by atoms with Crippen molar-refractivity contribution in [3.05, 3.63) is 101 Å². The molecule has 1 atom stereocenters. The number of hydrogen-bond donors (Lipinski definition) is 1. The lowest BCUT2D eigenvalue weighted by molar-refractivity contribution is 0.0360. The van der Waals surface area contributed by atoms with Gasteiger partial charge in [-0.15, -0.1) is 0 Å². The zero-order valence-electron chi connectivity index (χ0n) is 24.8. The van der Waals surface area contributed by atoms with Gasteiger partial charge < -0.3 is 14.4 Å². The average Bonchev–Trinajstić information content (AvgIpc) is 3.54. The molecule has 1 heterocycles. The number of benzene rings is 3. The molecule has 3 aliphatic rings. The fourth-order valence-electron chi connectivity index (χ4n) is 6.63. The number of fused-ring (bicyclic) bond motifs is 1. The van der Waals surface area contributed by atoms with Gasteiger partial charge in [-0.2, -0.15) is 9.64 Å². The summed E-state index contributed by atoms with van der Waals surface area (Å²) in [7, 11) is 0.0455. The Balaban J connectivity index is 1.26. The normalized spacial score (nSPS) is 19.2. The summed E-state index contributed by atoms with van der Waals surface area (Å²) in [6, 6.07) is 24.1. The summed E-state index contributed by atoms with van der Waals surface area (Å²) in [5.41, 5.74) is 5.65. The first-order valence-corrected chi connectivity index (χ1v) is 17.0. The highest BCUT2D eigenvalue weighted by Crippen LogP contribution is 2.58. The van der Waals surface area contributed by atoms with Gasteiger partial charge in [0.25, 0.3) is 10.0 Å². The van der Waals surface area contributed by atoms with Crippen LogP contribution in [0.15, 0.2) is 78.0 Å². The quantitative estimate of drug-likeness (QED) is 0.192. The predicted molar refractivity (Wildman–Crippen MR) is 170 cm³/mol. The largest absolute Gasteiger partial charge is 0.487 e. The molecule has 0 amide bonds. The molecule has 1 unspecified atom stereocenters. The molecule has 1 N–H and O–H groups in total. The van der Waals surface area contributed by atoms with Crippen LogP contribution in [0, 0.1) is 11.3 Å². The number of sulfonamides is 1. The van der Waals surface area contributed by atoms with E-state index in [1.165, 1.54) is 40.7 Å². The van der Waals surface area contributed by atoms with Crippen LogP contribution in [-0.2, 0) is 20.2 Å². The van der Waals surface area contributed by atoms with Gasteiger partial charge in [0.1, 0.15) is 24.3 Å². The number of ether oxygens (including phenoxy) is 2. The smallest absolute Gasteiger partial charge is 0.263 e. The van der Waals surface area contributed by atoms with E-state index in [2.05, 4.69) is 73.6 Å². The van der Waals surface area contributed by atoms with Crippen molar-refractivity contribution in [2.75, 3.05) is 38.6 Å². The number of nitrogens with zero attached hydrogens (tertiary/aromatic N) is 4. The van der Waals surface area contributed by atoms with Crippen LogP contribution in [0.25, 0.3) is 0 Å². The molecule has 2 bridgehead atoms. The summed E-state index contributed by atoms with van der Waals surface area (Å²) >= 11 is 0.932. The molecule has 1 aromatic heterocycles. The Morgan fingerprint density at radius 2 is 1.84 bits per heavy atom. The Labute approximate surface area is 262 Å². The van der Waals surface area contributed by atoms with Crippen LogP contribution >= 0.6 is 11.5 Å². The van der Waals surface area contributed by atoms with E-state index in [0.717, 1.165) is 37.3 Å². The fourth-order valence-corrected chi connectivity index (χ4v) is 8.32. The second-order valence-electron chi connectivity index (χ2n) is 11.6. The zero-order chi connectivity index (χ0) is 30.7. The molecule has 4 aromatic rings. The van der Waals surface area contributed by atoms with Crippen LogP contribution in [-0.4, -0.2) is 62.6 Å². The number of nitrogens with one attached hydrogen (secondary N) is 1. The molecule has 7 rings (SSSR count). The minimum absolute atomic E-state index is 0.0542. The molecule has 9 nitrogen and oxygen atoms in total. The molecular formula is C33H35N5O4S2. The van der Waals surface area contributed by atoms with E-state index in [1.807, 2.05) is 14.1 Å². The number of anilines is 1. The molecule has 0 aliphatic heterocycles. The van der Waals surface area contributed by atoms with E-state index >= 15 is 0 Å². The van der Waals surface area contributed by atoms with Gasteiger partial charge in [-0.05, 0) is 80.2 Å². The Bertz CT molecular complexity index is 1720. The van der Waals surface area contributed by atoms with Crippen molar-refractivity contribution in [1.82, 2.24) is 14.3 Å². The maximum atomic E-state index is 12.9. The summed E-state index contributed by atoms with van der Waals surface area (Å²) in [5, 5.41) is 10.1. The first-order chi connectivity index (χ1) is 21.3. The number of rotatable bonds is 13. The van der Waals surface area contributed by atoms with Gasteiger partial charge >= 0.3 is 0 Å². The van der Waals surface area contributed by atoms with Gasteiger partial charge in [0.15, 0.2) is 0 Å². The third-order valence-corrected chi connectivity index (χ3v) is 10.7. The molecule has 0 saturated heterocycles. The van der Waals surface area contributed by atoms with E-state index in [0.29, 0.717) is 31.3 Å². The summed E-state index contributed by atoms with van der Waals surface area (Å²) < 4.78 is 44.7. The van der Waals surface area contributed by atoms with Crippen LogP contribution in [0.1, 0.15) is 59.4 Å². The molecular weight excluding hydrogens is 595 g/mol. The van der Waals surface area contributed by atoms with Crippen LogP contribution in [0.3, 0.4) is 0 Å². The van der Waals surface area contributed by atoms with Crippen LogP contribution < -0.4 is 9.46 Å². The standard InChI is InChI=1S/C33H35N5O4S2/c1-38(2)17-18-41-21-24(42-31-12-11-25(19-23(31)20-34)44(39,40)37-32-35-22-36-43-32)13-15-33-16-14-26(27-7-3-5-9-29(27)33)28-8-4-6-10-30(28)33/h3-12,19,22,24,26H,13-18,21H2,1-2H3,(H,35,36,37). The van der Waals surface area contributed by atoms with Crippen LogP contribution in [0.4, 0.5) is 5.13 Å². The minimum atomic E-state index is -3.95. The number of nitriles is 1. The lowest BCUT2D eigenvalue weighted by atomic mass is 9.54. The monoisotopic (exact) mass is 629 g/mol. The maximum Gasteiger partial charge on any atom is 0.263 e. The lowest BCUT2D eigenvalue weighted by Gasteiger charge is -2.50. The van der Waals surface area contributed by atoms with Gasteiger partial charge in [-0.1, -0.05) is 48.5 Å². The van der Waals surface area contributed by atoms with E-state index < -0.39 is 10.0 Å². The molecule has 44 heavy (non-hydrogen) atoms. The highest BCUT2D eigenvalue weighted by atomic mass is 32.2. The Hall–Kier alpha value is -3.82. The van der Waals surface area contributed by atoms with Crippen LogP contribution in [0.2, 0.25) is 0 Å². The molecule has 0 fully saturated rings. The van der Waals surface area contributed by atoms with Gasteiger partial charge in [-0.25, -0.2) is 13.4 Å². The van der Waals surface area contributed by atoms with Gasteiger partial charge in [0, 0.05) is 29.4 Å². The highest BCUT2D eigenvalue weighted by molar-refractivity contribution is 7.93. The minimum Gasteiger partial charge on any atom is -0.487 e. The van der Waals surface area contributed by atoms with Crippen molar-refractivity contribution < 1.29 is 17.9 Å². The topological polar surface area (TPSA) is 117 Å². The number of hydrogen-bond acceptors (Lipinski definition) is 9. The fraction of sp³-hybridized carbons (Fsp3) is 0.364. The second-order valence-corrected chi connectivity index (χ2v) is 14.1. The summed E-state index contributed by atoms with van der Waals surface area (Å²) in [6.07, 6.45) is 4.65. The highest BCUT2D eigenvalue weighted by Gasteiger charge is 2.47. The van der Waals surface area contributed by atoms with Gasteiger partial charge in [-0.3, -0.25) is 4.72 Å². The second kappa shape index (κ2) is 12.7. The Morgan fingerprint density at radius 3 is 2.50 bits per heavy atom. The lowest BCUT2D eigenvalue weighted by Crippen LogP contribution is -2.41. The van der Waals surface area contributed by atoms with E-state index in [9.17, 15) is 13.7 Å². The summed E-state index contributed by atoms with van der Waals surface area (Å²) in [6.45, 7) is 1.67. The van der Waals surface area contributed by atoms with Crippen molar-refractivity contribution in [2.24, 2.45) is 0 Å². The number of aromatic nitrogens is 2. The number of likely N-dealkylation sites (N-methyl/N-ethyl adjacent to an activating group) is 1. The maximum absolute atomic E-state index is 12.9.